The van der Waals surface area contributed by atoms with Crippen LogP contribution in [-0.2, 0) is 0 Å². The highest BCUT2D eigenvalue weighted by molar-refractivity contribution is 6.33. The number of rotatable bonds is 3. The van der Waals surface area contributed by atoms with Crippen molar-refractivity contribution in [3.8, 4) is 5.69 Å². The second-order valence-electron chi connectivity index (χ2n) is 5.18. The topological polar surface area (TPSA) is 64.0 Å². The van der Waals surface area contributed by atoms with Gasteiger partial charge < -0.3 is 5.32 Å². The molecule has 1 amide bonds. The molecule has 0 unspecified atom stereocenters. The van der Waals surface area contributed by atoms with Gasteiger partial charge in [-0.15, -0.1) is 0 Å². The lowest BCUT2D eigenvalue weighted by Gasteiger charge is -2.11. The Labute approximate surface area is 143 Å². The Morgan fingerprint density at radius 3 is 2.46 bits per heavy atom. The summed E-state index contributed by atoms with van der Waals surface area (Å²) in [6, 6.07) is 17.5. The molecule has 3 rings (SSSR count). The molecule has 0 aliphatic heterocycles. The fraction of sp³-hybridized carbons (Fsp3) is 0.0556. The van der Waals surface area contributed by atoms with Crippen molar-refractivity contribution < 1.29 is 4.79 Å². The predicted octanol–water partition coefficient (Wildman–Crippen LogP) is 3.45. The van der Waals surface area contributed by atoms with Gasteiger partial charge in [0.1, 0.15) is 0 Å². The highest BCUT2D eigenvalue weighted by atomic mass is 35.5. The number of nitrogens with zero attached hydrogens (tertiary/aromatic N) is 2. The molecule has 0 saturated heterocycles. The largest absolute Gasteiger partial charge is 0.319 e. The van der Waals surface area contributed by atoms with E-state index in [1.807, 2.05) is 30.3 Å². The molecule has 5 nitrogen and oxygen atoms in total. The number of aryl methyl sites for hydroxylation is 1. The van der Waals surface area contributed by atoms with Crippen LogP contribution in [0, 0.1) is 6.92 Å². The van der Waals surface area contributed by atoms with E-state index in [9.17, 15) is 9.59 Å². The van der Waals surface area contributed by atoms with E-state index >= 15 is 0 Å². The Morgan fingerprint density at radius 2 is 1.75 bits per heavy atom. The summed E-state index contributed by atoms with van der Waals surface area (Å²) in [5, 5.41) is 7.23. The minimum atomic E-state index is -0.599. The van der Waals surface area contributed by atoms with Crippen LogP contribution in [0.25, 0.3) is 5.69 Å². The molecule has 0 aliphatic rings. The summed E-state index contributed by atoms with van der Waals surface area (Å²) in [5.41, 5.74) is 1.20. The van der Waals surface area contributed by atoms with Crippen molar-refractivity contribution in [1.29, 1.82) is 0 Å². The number of hydrogen-bond donors (Lipinski definition) is 1. The molecule has 0 fully saturated rings. The van der Waals surface area contributed by atoms with Crippen LogP contribution in [-0.4, -0.2) is 15.7 Å². The molecule has 2 aromatic carbocycles. The lowest BCUT2D eigenvalue weighted by molar-refractivity contribution is 0.101. The Kier molecular flexibility index (Phi) is 4.44. The first-order valence-corrected chi connectivity index (χ1v) is 7.66. The monoisotopic (exact) mass is 339 g/mol. The van der Waals surface area contributed by atoms with E-state index < -0.39 is 11.3 Å². The average Bonchev–Trinajstić information content (AvgIpc) is 2.58. The summed E-state index contributed by atoms with van der Waals surface area (Å²) in [6.07, 6.45) is 0. The van der Waals surface area contributed by atoms with Crippen LogP contribution in [0.3, 0.4) is 0 Å². The first-order valence-electron chi connectivity index (χ1n) is 7.28. The quantitative estimate of drug-likeness (QED) is 0.795. The maximum atomic E-state index is 12.4. The molecule has 1 N–H and O–H groups in total. The summed E-state index contributed by atoms with van der Waals surface area (Å²) in [6.45, 7) is 1.76. The lowest BCUT2D eigenvalue weighted by atomic mass is 10.2. The van der Waals surface area contributed by atoms with Gasteiger partial charge in [-0.25, -0.2) is 4.68 Å². The molecule has 24 heavy (non-hydrogen) atoms. The standard InChI is InChI=1S/C18H14ClN3O2/c1-12-11-16(23)17(21-22(12)13-7-3-2-4-8-13)18(24)20-15-10-6-5-9-14(15)19/h2-11H,1H3,(H,20,24). The Balaban J connectivity index is 2.00. The summed E-state index contributed by atoms with van der Waals surface area (Å²) < 4.78 is 1.56. The second-order valence-corrected chi connectivity index (χ2v) is 5.59. The van der Waals surface area contributed by atoms with Crippen molar-refractivity contribution in [3.05, 3.63) is 87.3 Å². The number of aromatic nitrogens is 2. The first-order chi connectivity index (χ1) is 11.6. The average molecular weight is 340 g/mol. The third-order valence-electron chi connectivity index (χ3n) is 3.45. The van der Waals surface area contributed by atoms with E-state index in [1.54, 1.807) is 35.9 Å². The molecule has 1 heterocycles. The Bertz CT molecular complexity index is 952. The van der Waals surface area contributed by atoms with E-state index in [0.29, 0.717) is 16.4 Å². The van der Waals surface area contributed by atoms with Crippen LogP contribution in [0.4, 0.5) is 5.69 Å². The predicted molar refractivity (Wildman–Crippen MR) is 94.0 cm³/mol. The zero-order valence-electron chi connectivity index (χ0n) is 12.9. The first kappa shape index (κ1) is 16.0. The molecule has 0 radical (unpaired) electrons. The summed E-state index contributed by atoms with van der Waals surface area (Å²) >= 11 is 6.03. The van der Waals surface area contributed by atoms with E-state index in [4.69, 9.17) is 11.6 Å². The van der Waals surface area contributed by atoms with E-state index in [0.717, 1.165) is 5.69 Å². The summed E-state index contributed by atoms with van der Waals surface area (Å²) in [7, 11) is 0. The maximum absolute atomic E-state index is 12.4. The fourth-order valence-corrected chi connectivity index (χ4v) is 2.46. The molecule has 0 bridgehead atoms. The van der Waals surface area contributed by atoms with Gasteiger partial charge in [0.25, 0.3) is 5.91 Å². The van der Waals surface area contributed by atoms with Crippen LogP contribution < -0.4 is 10.7 Å². The number of benzene rings is 2. The normalized spacial score (nSPS) is 10.4. The van der Waals surface area contributed by atoms with E-state index in [-0.39, 0.29) is 5.69 Å². The van der Waals surface area contributed by atoms with Gasteiger partial charge in [0.15, 0.2) is 5.69 Å². The molecule has 3 aromatic rings. The molecule has 0 atom stereocenters. The van der Waals surface area contributed by atoms with E-state index in [1.165, 1.54) is 6.07 Å². The molecule has 1 aromatic heterocycles. The Hall–Kier alpha value is -2.92. The molecule has 0 saturated carbocycles. The van der Waals surface area contributed by atoms with Crippen LogP contribution >= 0.6 is 11.6 Å². The SMILES string of the molecule is Cc1cc(=O)c(C(=O)Nc2ccccc2Cl)nn1-c1ccccc1. The van der Waals surface area contributed by atoms with E-state index in [2.05, 4.69) is 10.4 Å². The van der Waals surface area contributed by atoms with Crippen LogP contribution in [0.5, 0.6) is 0 Å². The van der Waals surface area contributed by atoms with Gasteiger partial charge >= 0.3 is 0 Å². The highest BCUT2D eigenvalue weighted by Gasteiger charge is 2.16. The smallest absolute Gasteiger partial charge is 0.280 e. The summed E-state index contributed by atoms with van der Waals surface area (Å²) in [5.74, 6) is -0.599. The van der Waals surface area contributed by atoms with Crippen molar-refractivity contribution in [2.45, 2.75) is 6.92 Å². The van der Waals surface area contributed by atoms with Crippen LogP contribution in [0.15, 0.2) is 65.5 Å². The fourth-order valence-electron chi connectivity index (χ4n) is 2.28. The number of nitrogens with one attached hydrogen (secondary N) is 1. The highest BCUT2D eigenvalue weighted by Crippen LogP contribution is 2.20. The van der Waals surface area contributed by atoms with Gasteiger partial charge in [0, 0.05) is 11.8 Å². The molecule has 6 heteroatoms. The van der Waals surface area contributed by atoms with Crippen molar-refractivity contribution in [3.63, 3.8) is 0 Å². The maximum Gasteiger partial charge on any atom is 0.280 e. The van der Waals surface area contributed by atoms with Gasteiger partial charge in [-0.05, 0) is 31.2 Å². The lowest BCUT2D eigenvalue weighted by Crippen LogP contribution is -2.27. The number of para-hydroxylation sites is 2. The molecular weight excluding hydrogens is 326 g/mol. The summed E-state index contributed by atoms with van der Waals surface area (Å²) in [4.78, 5) is 24.6. The van der Waals surface area contributed by atoms with Crippen molar-refractivity contribution in [2.75, 3.05) is 5.32 Å². The number of carbonyl (C=O) groups is 1. The number of halogens is 1. The molecule has 0 spiro atoms. The van der Waals surface area contributed by atoms with Gasteiger partial charge in [-0.3, -0.25) is 9.59 Å². The second kappa shape index (κ2) is 6.68. The third kappa shape index (κ3) is 3.21. The zero-order chi connectivity index (χ0) is 17.1. The van der Waals surface area contributed by atoms with Crippen LogP contribution in [0.1, 0.15) is 16.2 Å². The van der Waals surface area contributed by atoms with Gasteiger partial charge in [-0.2, -0.15) is 5.10 Å². The Morgan fingerprint density at radius 1 is 1.08 bits per heavy atom. The molecule has 0 aliphatic carbocycles. The van der Waals surface area contributed by atoms with Crippen molar-refractivity contribution in [1.82, 2.24) is 9.78 Å². The minimum absolute atomic E-state index is 0.190. The van der Waals surface area contributed by atoms with Crippen molar-refractivity contribution in [2.24, 2.45) is 0 Å². The van der Waals surface area contributed by atoms with Crippen LogP contribution in [0.2, 0.25) is 5.02 Å². The number of hydrogen-bond acceptors (Lipinski definition) is 3. The molecule has 120 valence electrons. The minimum Gasteiger partial charge on any atom is -0.319 e. The van der Waals surface area contributed by atoms with Gasteiger partial charge in [0.2, 0.25) is 5.43 Å². The van der Waals surface area contributed by atoms with Gasteiger partial charge in [-0.1, -0.05) is 41.9 Å². The number of anilines is 1. The molecular formula is C18H14ClN3O2. The van der Waals surface area contributed by atoms with Gasteiger partial charge in [0.05, 0.1) is 16.4 Å². The third-order valence-corrected chi connectivity index (χ3v) is 3.77. The zero-order valence-corrected chi connectivity index (χ0v) is 13.6. The number of carbonyl (C=O) groups excluding carboxylic acids is 1. The van der Waals surface area contributed by atoms with Crippen molar-refractivity contribution >= 4 is 23.2 Å². The number of amides is 1.